The number of nitriles is 1. The van der Waals surface area contributed by atoms with Gasteiger partial charge in [-0.1, -0.05) is 17.9 Å². The third kappa shape index (κ3) is 6.23. The molecule has 0 bridgehead atoms. The first-order valence-corrected chi connectivity index (χ1v) is 12.8. The van der Waals surface area contributed by atoms with Crippen molar-refractivity contribution < 1.29 is 31.8 Å². The van der Waals surface area contributed by atoms with Crippen LogP contribution in [0.5, 0.6) is 5.75 Å². The van der Waals surface area contributed by atoms with Crippen LogP contribution in [0.4, 0.5) is 22.0 Å². The van der Waals surface area contributed by atoms with Crippen LogP contribution < -0.4 is 4.74 Å². The highest BCUT2D eigenvalue weighted by Crippen LogP contribution is 2.46. The van der Waals surface area contributed by atoms with Gasteiger partial charge < -0.3 is 9.84 Å². The number of aromatic nitrogens is 5. The van der Waals surface area contributed by atoms with Gasteiger partial charge in [-0.25, -0.2) is 17.9 Å². The molecule has 220 valence electrons. The first-order valence-electron chi connectivity index (χ1n) is 12.8. The van der Waals surface area contributed by atoms with Crippen molar-refractivity contribution in [2.24, 2.45) is 0 Å². The van der Waals surface area contributed by atoms with Crippen molar-refractivity contribution >= 4 is 0 Å². The van der Waals surface area contributed by atoms with Gasteiger partial charge in [0.1, 0.15) is 47.9 Å². The van der Waals surface area contributed by atoms with Gasteiger partial charge in [-0.15, -0.1) is 5.10 Å². The van der Waals surface area contributed by atoms with Crippen LogP contribution in [0.25, 0.3) is 0 Å². The number of pyridine rings is 1. The molecule has 0 amide bonds. The lowest BCUT2D eigenvalue weighted by molar-refractivity contribution is -0.207. The zero-order valence-corrected chi connectivity index (χ0v) is 22.4. The summed E-state index contributed by atoms with van der Waals surface area (Å²) in [6.07, 6.45) is 2.03. The number of hydrogen-bond acceptors (Lipinski definition) is 7. The van der Waals surface area contributed by atoms with Crippen LogP contribution >= 0.6 is 0 Å². The number of rotatable bonds is 8. The predicted molar refractivity (Wildman–Crippen MR) is 144 cm³/mol. The van der Waals surface area contributed by atoms with Crippen molar-refractivity contribution in [2.75, 3.05) is 0 Å². The number of hydrogen-bond donors (Lipinski definition) is 1. The molecule has 0 aliphatic heterocycles. The quantitative estimate of drug-likeness (QED) is 0.196. The van der Waals surface area contributed by atoms with E-state index < -0.39 is 46.8 Å². The number of ether oxygens (including phenoxy) is 1. The largest absolute Gasteiger partial charge is 0.489 e. The molecule has 0 saturated carbocycles. The summed E-state index contributed by atoms with van der Waals surface area (Å²) in [7, 11) is 0. The van der Waals surface area contributed by atoms with Gasteiger partial charge in [0.2, 0.25) is 0 Å². The molecule has 0 saturated heterocycles. The fourth-order valence-corrected chi connectivity index (χ4v) is 4.22. The summed E-state index contributed by atoms with van der Waals surface area (Å²) in [6.45, 7) is -0.891. The Kier molecular flexibility index (Phi) is 8.33. The van der Waals surface area contributed by atoms with Gasteiger partial charge in [0.15, 0.2) is 5.60 Å². The molecule has 3 aromatic carbocycles. The highest BCUT2D eigenvalue weighted by Gasteiger charge is 2.58. The fraction of sp³-hybridized carbons (Fsp3) is 0.129. The lowest BCUT2D eigenvalue weighted by Crippen LogP contribution is -2.48. The molecule has 5 rings (SSSR count). The van der Waals surface area contributed by atoms with Crippen molar-refractivity contribution in [1.82, 2.24) is 25.2 Å². The van der Waals surface area contributed by atoms with E-state index in [-0.39, 0.29) is 17.7 Å². The first kappa shape index (κ1) is 29.8. The van der Waals surface area contributed by atoms with Gasteiger partial charge in [0.05, 0.1) is 12.1 Å². The van der Waals surface area contributed by atoms with Crippen molar-refractivity contribution in [2.45, 2.75) is 24.7 Å². The van der Waals surface area contributed by atoms with Crippen molar-refractivity contribution in [3.05, 3.63) is 136 Å². The molecule has 2 heterocycles. The van der Waals surface area contributed by atoms with Crippen LogP contribution in [0.2, 0.25) is 0 Å². The Morgan fingerprint density at radius 2 is 1.64 bits per heavy atom. The number of nitrogens with zero attached hydrogens (tertiary/aromatic N) is 6. The molecular formula is C31H19F5N6O2. The number of tetrazole rings is 1. The van der Waals surface area contributed by atoms with Gasteiger partial charge >= 0.3 is 5.92 Å². The maximum Gasteiger partial charge on any atom is 0.323 e. The highest BCUT2D eigenvalue weighted by molar-refractivity contribution is 5.44. The molecule has 44 heavy (non-hydrogen) atoms. The normalized spacial score (nSPS) is 12.5. The number of halogens is 5. The van der Waals surface area contributed by atoms with E-state index in [9.17, 15) is 18.3 Å². The van der Waals surface area contributed by atoms with Gasteiger partial charge in [-0.2, -0.15) is 14.0 Å². The summed E-state index contributed by atoms with van der Waals surface area (Å²) in [5, 5.41) is 30.3. The third-order valence-electron chi connectivity index (χ3n) is 6.53. The van der Waals surface area contributed by atoms with Crippen LogP contribution in [0.15, 0.2) is 85.3 Å². The van der Waals surface area contributed by atoms with Gasteiger partial charge in [-0.3, -0.25) is 4.98 Å². The second-order valence-electron chi connectivity index (χ2n) is 9.49. The lowest BCUT2D eigenvalue weighted by Gasteiger charge is -2.35. The first-order chi connectivity index (χ1) is 21.1. The zero-order chi connectivity index (χ0) is 31.3. The number of benzene rings is 3. The average Bonchev–Trinajstić information content (AvgIpc) is 3.52. The third-order valence-corrected chi connectivity index (χ3v) is 6.53. The molecule has 1 unspecified atom stereocenters. The molecule has 0 radical (unpaired) electrons. The standard InChI is InChI=1S/C31H19F5N6O2/c32-24-8-11-26(28(34)14-24)30(43,18-42-19-39-40-41-42)31(35,36)29-12-6-21(16-38-29)2-1-20-4-9-25(10-5-20)44-17-22-3-7-23(15-37)27(33)13-22/h3-14,16,19,43H,17-18H2. The molecule has 0 aliphatic carbocycles. The molecule has 0 aliphatic rings. The van der Waals surface area contributed by atoms with E-state index in [1.165, 1.54) is 18.2 Å². The Labute approximate surface area is 247 Å². The van der Waals surface area contributed by atoms with Crippen molar-refractivity contribution in [3.8, 4) is 23.7 Å². The average molecular weight is 603 g/mol. The van der Waals surface area contributed by atoms with Gasteiger partial charge in [0.25, 0.3) is 0 Å². The molecule has 2 aromatic heterocycles. The molecule has 0 spiro atoms. The van der Waals surface area contributed by atoms with E-state index in [1.807, 2.05) is 0 Å². The van der Waals surface area contributed by atoms with Gasteiger partial charge in [0, 0.05) is 29.0 Å². The van der Waals surface area contributed by atoms with Crippen LogP contribution in [0.1, 0.15) is 33.5 Å². The minimum absolute atomic E-state index is 0.0574. The Hall–Kier alpha value is -5.66. The van der Waals surface area contributed by atoms with E-state index in [1.54, 1.807) is 36.4 Å². The fourth-order valence-electron chi connectivity index (χ4n) is 4.22. The second-order valence-corrected chi connectivity index (χ2v) is 9.49. The van der Waals surface area contributed by atoms with Crippen molar-refractivity contribution in [1.29, 1.82) is 5.26 Å². The second kappa shape index (κ2) is 12.3. The summed E-state index contributed by atoms with van der Waals surface area (Å²) >= 11 is 0. The smallest absolute Gasteiger partial charge is 0.323 e. The van der Waals surface area contributed by atoms with Gasteiger partial charge in [-0.05, 0) is 76.7 Å². The van der Waals surface area contributed by atoms with E-state index in [0.717, 1.165) is 35.4 Å². The summed E-state index contributed by atoms with van der Waals surface area (Å²) in [5.74, 6) is -1.08. The van der Waals surface area contributed by atoms with E-state index in [2.05, 4.69) is 32.4 Å². The molecule has 5 aromatic rings. The number of alkyl halides is 2. The molecule has 0 fully saturated rings. The predicted octanol–water partition coefficient (Wildman–Crippen LogP) is 5.02. The molecule has 13 heteroatoms. The minimum Gasteiger partial charge on any atom is -0.489 e. The molecular weight excluding hydrogens is 583 g/mol. The van der Waals surface area contributed by atoms with Crippen molar-refractivity contribution in [3.63, 3.8) is 0 Å². The van der Waals surface area contributed by atoms with Crippen LogP contribution in [-0.4, -0.2) is 30.3 Å². The highest BCUT2D eigenvalue weighted by atomic mass is 19.3. The number of aliphatic hydroxyl groups is 1. The SMILES string of the molecule is N#Cc1ccc(COc2ccc(C#Cc3ccc(C(F)(F)C(O)(Cn4cnnn4)c4ccc(F)cc4F)nc3)cc2)cc1F. The maximum absolute atomic E-state index is 15.9. The Balaban J connectivity index is 1.31. The summed E-state index contributed by atoms with van der Waals surface area (Å²) < 4.78 is 80.1. The van der Waals surface area contributed by atoms with Crippen LogP contribution in [0.3, 0.4) is 0 Å². The van der Waals surface area contributed by atoms with Crippen LogP contribution in [-0.2, 0) is 24.7 Å². The molecule has 8 nitrogen and oxygen atoms in total. The Morgan fingerprint density at radius 3 is 2.27 bits per heavy atom. The molecule has 1 atom stereocenters. The summed E-state index contributed by atoms with van der Waals surface area (Å²) in [5.41, 5.74) is -3.70. The summed E-state index contributed by atoms with van der Waals surface area (Å²) in [6, 6.07) is 16.6. The van der Waals surface area contributed by atoms with E-state index >= 15 is 8.78 Å². The van der Waals surface area contributed by atoms with Crippen LogP contribution in [0, 0.1) is 40.6 Å². The molecule has 1 N–H and O–H groups in total. The van der Waals surface area contributed by atoms with E-state index in [4.69, 9.17) is 10.00 Å². The Morgan fingerprint density at radius 1 is 0.886 bits per heavy atom. The zero-order valence-electron chi connectivity index (χ0n) is 22.4. The summed E-state index contributed by atoms with van der Waals surface area (Å²) in [4.78, 5) is 3.78. The monoisotopic (exact) mass is 602 g/mol. The van der Waals surface area contributed by atoms with E-state index in [0.29, 0.717) is 22.9 Å². The Bertz CT molecular complexity index is 1880. The minimum atomic E-state index is -4.19. The topological polar surface area (TPSA) is 110 Å². The maximum atomic E-state index is 15.9. The lowest BCUT2D eigenvalue weighted by atomic mass is 9.84.